The predicted octanol–water partition coefficient (Wildman–Crippen LogP) is 1.65. The number of halogens is 2. The van der Waals surface area contributed by atoms with Gasteiger partial charge in [0.15, 0.2) is 0 Å². The topological polar surface area (TPSA) is 91.5 Å². The molecule has 2 heterocycles. The van der Waals surface area contributed by atoms with E-state index in [1.54, 1.807) is 6.07 Å². The van der Waals surface area contributed by atoms with Crippen molar-refractivity contribution in [3.63, 3.8) is 0 Å². The van der Waals surface area contributed by atoms with Crippen LogP contribution in [-0.2, 0) is 0 Å². The van der Waals surface area contributed by atoms with E-state index in [4.69, 9.17) is 0 Å². The van der Waals surface area contributed by atoms with Crippen LogP contribution in [0, 0.1) is 23.7 Å². The Balaban J connectivity index is 1.76. The lowest BCUT2D eigenvalue weighted by molar-refractivity contribution is 0.120. The maximum absolute atomic E-state index is 13.0. The van der Waals surface area contributed by atoms with Crippen molar-refractivity contribution < 1.29 is 8.78 Å². The van der Waals surface area contributed by atoms with Gasteiger partial charge in [-0.3, -0.25) is 9.78 Å². The molecule has 2 atom stereocenters. The number of alkyl halides is 2. The van der Waals surface area contributed by atoms with Crippen LogP contribution in [0.5, 0.6) is 0 Å². The summed E-state index contributed by atoms with van der Waals surface area (Å²) in [6.07, 6.45) is 1.29. The Kier molecular flexibility index (Phi) is 3.71. The zero-order valence-electron chi connectivity index (χ0n) is 13.1. The van der Waals surface area contributed by atoms with E-state index in [-0.39, 0.29) is 17.2 Å². The van der Waals surface area contributed by atoms with Crippen molar-refractivity contribution in [1.82, 2.24) is 20.2 Å². The van der Waals surface area contributed by atoms with Crippen molar-refractivity contribution >= 4 is 0 Å². The fourth-order valence-electron chi connectivity index (χ4n) is 2.77. The smallest absolute Gasteiger partial charge is 0.313 e. The second-order valence-corrected chi connectivity index (χ2v) is 6.40. The number of H-pyrrole nitrogens is 2. The van der Waals surface area contributed by atoms with E-state index in [0.29, 0.717) is 23.6 Å². The number of nitrogens with zero attached hydrogens (tertiary/aromatic N) is 2. The monoisotopic (exact) mass is 344 g/mol. The van der Waals surface area contributed by atoms with Gasteiger partial charge in [-0.05, 0) is 42.7 Å². The van der Waals surface area contributed by atoms with Gasteiger partial charge < -0.3 is 4.98 Å². The first kappa shape index (κ1) is 15.7. The quantitative estimate of drug-likeness (QED) is 0.828. The fraction of sp³-hybridized carbons (Fsp3) is 0.412. The molecule has 0 bridgehead atoms. The second kappa shape index (κ2) is 5.92. The van der Waals surface area contributed by atoms with Crippen molar-refractivity contribution in [2.45, 2.75) is 31.6 Å². The van der Waals surface area contributed by atoms with Gasteiger partial charge in [0.25, 0.3) is 5.56 Å². The summed E-state index contributed by atoms with van der Waals surface area (Å²) in [5.41, 5.74) is 0.100. The minimum Gasteiger partial charge on any atom is -0.313 e. The first-order valence-electron chi connectivity index (χ1n) is 8.02. The summed E-state index contributed by atoms with van der Waals surface area (Å²) in [6, 6.07) is 1.58. The van der Waals surface area contributed by atoms with Gasteiger partial charge in [-0.25, -0.2) is 13.6 Å². The third-order valence-electron chi connectivity index (χ3n) is 4.45. The molecule has 2 aliphatic carbocycles. The SMILES string of the molecule is O=c1[nH]cc(-c2cc([C@H]3C[C@@H]3C(F)F)c(C#CC3CC3)nn2)c(=O)[nH]1. The van der Waals surface area contributed by atoms with Crippen molar-refractivity contribution in [3.8, 4) is 23.1 Å². The molecule has 0 aliphatic heterocycles. The third-order valence-corrected chi connectivity index (χ3v) is 4.45. The number of aromatic nitrogens is 4. The number of hydrogen-bond acceptors (Lipinski definition) is 4. The summed E-state index contributed by atoms with van der Waals surface area (Å²) in [5.74, 6) is 5.31. The normalized spacial score (nSPS) is 21.7. The highest BCUT2D eigenvalue weighted by atomic mass is 19.3. The van der Waals surface area contributed by atoms with Gasteiger partial charge in [0.1, 0.15) is 11.4 Å². The molecule has 8 heteroatoms. The lowest BCUT2D eigenvalue weighted by Crippen LogP contribution is -2.23. The van der Waals surface area contributed by atoms with Crippen molar-refractivity contribution in [3.05, 3.63) is 44.4 Å². The summed E-state index contributed by atoms with van der Waals surface area (Å²) in [7, 11) is 0. The van der Waals surface area contributed by atoms with Gasteiger partial charge in [-0.15, -0.1) is 10.2 Å². The molecule has 2 fully saturated rings. The van der Waals surface area contributed by atoms with E-state index in [1.807, 2.05) is 0 Å². The Hall–Kier alpha value is -2.82. The van der Waals surface area contributed by atoms with Crippen LogP contribution >= 0.6 is 0 Å². The molecule has 2 aliphatic rings. The highest BCUT2D eigenvalue weighted by molar-refractivity contribution is 5.59. The minimum absolute atomic E-state index is 0.129. The molecule has 0 unspecified atom stereocenters. The van der Waals surface area contributed by atoms with Crippen molar-refractivity contribution in [2.24, 2.45) is 11.8 Å². The number of aromatic amines is 2. The molecule has 0 radical (unpaired) electrons. The van der Waals surface area contributed by atoms with Crippen LogP contribution in [0.1, 0.15) is 36.4 Å². The van der Waals surface area contributed by atoms with Gasteiger partial charge in [0.05, 0.1) is 5.56 Å². The van der Waals surface area contributed by atoms with Gasteiger partial charge in [-0.2, -0.15) is 0 Å². The minimum atomic E-state index is -2.40. The maximum atomic E-state index is 13.0. The second-order valence-electron chi connectivity index (χ2n) is 6.40. The largest absolute Gasteiger partial charge is 0.325 e. The fourth-order valence-corrected chi connectivity index (χ4v) is 2.77. The molecule has 0 saturated heterocycles. The van der Waals surface area contributed by atoms with Gasteiger partial charge >= 0.3 is 5.69 Å². The predicted molar refractivity (Wildman–Crippen MR) is 85.2 cm³/mol. The molecular formula is C17H14F2N4O2. The molecule has 0 amide bonds. The maximum Gasteiger partial charge on any atom is 0.325 e. The summed E-state index contributed by atoms with van der Waals surface area (Å²) < 4.78 is 26.0. The van der Waals surface area contributed by atoms with E-state index in [1.165, 1.54) is 6.20 Å². The van der Waals surface area contributed by atoms with Gasteiger partial charge in [0.2, 0.25) is 6.43 Å². The van der Waals surface area contributed by atoms with Crippen LogP contribution in [0.2, 0.25) is 0 Å². The van der Waals surface area contributed by atoms with Gasteiger partial charge in [-0.1, -0.05) is 5.92 Å². The van der Waals surface area contributed by atoms with Crippen LogP contribution in [0.15, 0.2) is 21.9 Å². The molecule has 2 N–H and O–H groups in total. The molecule has 2 saturated carbocycles. The molecular weight excluding hydrogens is 330 g/mol. The number of nitrogens with one attached hydrogen (secondary N) is 2. The standard InChI is InChI=1S/C17H14F2N4O2/c18-15(19)11-5-9(11)10-6-14(12-7-20-17(25)21-16(12)24)23-22-13(10)4-3-8-1-2-8/h6-9,11,15H,1-2,5H2,(H2,20,21,24,25)/t9-,11+/m1/s1. The van der Waals surface area contributed by atoms with Crippen molar-refractivity contribution in [2.75, 3.05) is 0 Å². The summed E-state index contributed by atoms with van der Waals surface area (Å²) >= 11 is 0. The highest BCUT2D eigenvalue weighted by Crippen LogP contribution is 2.51. The van der Waals surface area contributed by atoms with Crippen LogP contribution < -0.4 is 11.2 Å². The lowest BCUT2D eigenvalue weighted by atomic mass is 10.0. The van der Waals surface area contributed by atoms with Crippen LogP contribution in [-0.4, -0.2) is 26.6 Å². The Bertz CT molecular complexity index is 998. The number of rotatable bonds is 3. The molecule has 4 rings (SSSR count). The Morgan fingerprint density at radius 3 is 2.68 bits per heavy atom. The molecule has 2 aromatic heterocycles. The zero-order valence-corrected chi connectivity index (χ0v) is 13.1. The van der Waals surface area contributed by atoms with Gasteiger partial charge in [0, 0.05) is 18.0 Å². The van der Waals surface area contributed by atoms with Crippen LogP contribution in [0.3, 0.4) is 0 Å². The van der Waals surface area contributed by atoms with E-state index in [9.17, 15) is 18.4 Å². The zero-order chi connectivity index (χ0) is 17.6. The van der Waals surface area contributed by atoms with Crippen molar-refractivity contribution in [1.29, 1.82) is 0 Å². The highest BCUT2D eigenvalue weighted by Gasteiger charge is 2.46. The molecule has 0 spiro atoms. The summed E-state index contributed by atoms with van der Waals surface area (Å²) in [4.78, 5) is 27.5. The summed E-state index contributed by atoms with van der Waals surface area (Å²) in [6.45, 7) is 0. The Morgan fingerprint density at radius 2 is 2.04 bits per heavy atom. The van der Waals surface area contributed by atoms with Crippen LogP contribution in [0.4, 0.5) is 8.78 Å². The Morgan fingerprint density at radius 1 is 1.24 bits per heavy atom. The molecule has 6 nitrogen and oxygen atoms in total. The van der Waals surface area contributed by atoms with E-state index in [0.717, 1.165) is 12.8 Å². The Labute approximate surface area is 140 Å². The van der Waals surface area contributed by atoms with E-state index >= 15 is 0 Å². The molecule has 0 aromatic carbocycles. The third kappa shape index (κ3) is 3.22. The first-order chi connectivity index (χ1) is 12.0. The molecule has 128 valence electrons. The van der Waals surface area contributed by atoms with E-state index in [2.05, 4.69) is 32.0 Å². The molecule has 25 heavy (non-hydrogen) atoms. The van der Waals surface area contributed by atoms with Crippen LogP contribution in [0.25, 0.3) is 11.3 Å². The average molecular weight is 344 g/mol. The lowest BCUT2D eigenvalue weighted by Gasteiger charge is -2.06. The van der Waals surface area contributed by atoms with E-state index < -0.39 is 23.6 Å². The average Bonchev–Trinajstić information content (AvgIpc) is 3.46. The summed E-state index contributed by atoms with van der Waals surface area (Å²) in [5, 5.41) is 8.06. The molecule has 2 aromatic rings. The number of hydrogen-bond donors (Lipinski definition) is 2. The first-order valence-corrected chi connectivity index (χ1v) is 8.02.